The highest BCUT2D eigenvalue weighted by Gasteiger charge is 2.16. The Morgan fingerprint density at radius 1 is 1.24 bits per heavy atom. The summed E-state index contributed by atoms with van der Waals surface area (Å²) in [6.07, 6.45) is 4.23. The van der Waals surface area contributed by atoms with Crippen LogP contribution in [0, 0.1) is 5.82 Å². The Bertz CT molecular complexity index is 1080. The highest BCUT2D eigenvalue weighted by atomic mass is 32.1. The van der Waals surface area contributed by atoms with Crippen LogP contribution in [-0.2, 0) is 0 Å². The topological polar surface area (TPSA) is 82.5 Å². The minimum absolute atomic E-state index is 0.0617. The van der Waals surface area contributed by atoms with Crippen molar-refractivity contribution in [1.82, 2.24) is 4.98 Å². The first kappa shape index (κ1) is 19.1. The summed E-state index contributed by atoms with van der Waals surface area (Å²) in [5.74, 6) is -2.38. The van der Waals surface area contributed by atoms with Crippen LogP contribution in [0.4, 0.5) is 15.1 Å². The maximum atomic E-state index is 13.7. The van der Waals surface area contributed by atoms with Crippen LogP contribution in [0.25, 0.3) is 10.6 Å². The number of carbonyl (C=O) groups is 2. The average molecular weight is 411 g/mol. The lowest BCUT2D eigenvalue weighted by molar-refractivity contribution is 0.102. The molecule has 0 atom stereocenters. The maximum absolute atomic E-state index is 13.7. The van der Waals surface area contributed by atoms with Gasteiger partial charge in [0.2, 0.25) is 0 Å². The standard InChI is InChI=1S/C21H18FN3O3S/c22-17-10-14(8-15(12-26)19(17)27)20(28)24-18-11-23-21(29-18)13-4-3-5-16(9-13)25-6-1-2-7-25/h3-5,8-12,27H,1-2,6-7H2,(H,24,28). The fourth-order valence-corrected chi connectivity index (χ4v) is 4.11. The summed E-state index contributed by atoms with van der Waals surface area (Å²) in [5.41, 5.74) is 1.77. The zero-order valence-corrected chi connectivity index (χ0v) is 16.2. The molecule has 0 spiro atoms. The van der Waals surface area contributed by atoms with E-state index in [1.165, 1.54) is 30.4 Å². The number of rotatable bonds is 5. The van der Waals surface area contributed by atoms with Crippen molar-refractivity contribution in [3.63, 3.8) is 0 Å². The molecule has 0 aliphatic carbocycles. The van der Waals surface area contributed by atoms with E-state index in [1.807, 2.05) is 12.1 Å². The van der Waals surface area contributed by atoms with E-state index in [2.05, 4.69) is 27.3 Å². The van der Waals surface area contributed by atoms with Crippen LogP contribution in [0.2, 0.25) is 0 Å². The number of halogens is 1. The van der Waals surface area contributed by atoms with E-state index in [0.717, 1.165) is 41.5 Å². The molecule has 8 heteroatoms. The Balaban J connectivity index is 1.53. The lowest BCUT2D eigenvalue weighted by Crippen LogP contribution is -2.17. The Kier molecular flexibility index (Phi) is 5.26. The van der Waals surface area contributed by atoms with Crippen molar-refractivity contribution in [1.29, 1.82) is 0 Å². The Morgan fingerprint density at radius 3 is 2.79 bits per heavy atom. The summed E-state index contributed by atoms with van der Waals surface area (Å²) in [4.78, 5) is 30.1. The molecular weight excluding hydrogens is 393 g/mol. The minimum atomic E-state index is -1.02. The highest BCUT2D eigenvalue weighted by Crippen LogP contribution is 2.32. The summed E-state index contributed by atoms with van der Waals surface area (Å²) in [7, 11) is 0. The normalized spacial score (nSPS) is 13.5. The number of carbonyl (C=O) groups excluding carboxylic acids is 2. The molecule has 1 aliphatic heterocycles. The van der Waals surface area contributed by atoms with Crippen LogP contribution in [0.15, 0.2) is 42.6 Å². The van der Waals surface area contributed by atoms with Gasteiger partial charge in [-0.1, -0.05) is 23.5 Å². The molecule has 1 saturated heterocycles. The Labute approximate surface area is 170 Å². The molecule has 1 aliphatic rings. The molecule has 2 heterocycles. The van der Waals surface area contributed by atoms with Gasteiger partial charge in [0.1, 0.15) is 10.0 Å². The highest BCUT2D eigenvalue weighted by molar-refractivity contribution is 7.19. The van der Waals surface area contributed by atoms with Crippen molar-refractivity contribution in [2.45, 2.75) is 12.8 Å². The summed E-state index contributed by atoms with van der Waals surface area (Å²) >= 11 is 1.30. The van der Waals surface area contributed by atoms with Crippen molar-refractivity contribution in [2.75, 3.05) is 23.3 Å². The van der Waals surface area contributed by atoms with Crippen LogP contribution in [0.1, 0.15) is 33.6 Å². The number of benzene rings is 2. The zero-order valence-electron chi connectivity index (χ0n) is 15.4. The molecule has 6 nitrogen and oxygen atoms in total. The van der Waals surface area contributed by atoms with Crippen molar-refractivity contribution in [3.8, 4) is 16.3 Å². The second-order valence-electron chi connectivity index (χ2n) is 6.74. The number of aromatic nitrogens is 1. The van der Waals surface area contributed by atoms with Gasteiger partial charge in [-0.25, -0.2) is 9.37 Å². The second-order valence-corrected chi connectivity index (χ2v) is 7.77. The summed E-state index contributed by atoms with van der Waals surface area (Å²) < 4.78 is 13.7. The molecule has 0 bridgehead atoms. The van der Waals surface area contributed by atoms with Crippen molar-refractivity contribution < 1.29 is 19.1 Å². The van der Waals surface area contributed by atoms with Crippen LogP contribution in [0.3, 0.4) is 0 Å². The number of amides is 1. The monoisotopic (exact) mass is 411 g/mol. The number of nitrogens with one attached hydrogen (secondary N) is 1. The molecule has 0 unspecified atom stereocenters. The van der Waals surface area contributed by atoms with Crippen LogP contribution in [-0.4, -0.2) is 35.4 Å². The van der Waals surface area contributed by atoms with E-state index in [9.17, 15) is 19.1 Å². The lowest BCUT2D eigenvalue weighted by Gasteiger charge is -2.17. The first-order valence-corrected chi connectivity index (χ1v) is 9.97. The third-order valence-electron chi connectivity index (χ3n) is 4.79. The van der Waals surface area contributed by atoms with Crippen LogP contribution in [0.5, 0.6) is 5.75 Å². The number of aromatic hydroxyl groups is 1. The minimum Gasteiger partial charge on any atom is -0.504 e. The van der Waals surface area contributed by atoms with Crippen molar-refractivity contribution in [3.05, 3.63) is 59.5 Å². The molecule has 3 aromatic rings. The molecule has 148 valence electrons. The van der Waals surface area contributed by atoms with Gasteiger partial charge in [0.25, 0.3) is 5.91 Å². The van der Waals surface area contributed by atoms with Gasteiger partial charge in [-0.2, -0.15) is 0 Å². The smallest absolute Gasteiger partial charge is 0.256 e. The molecule has 4 rings (SSSR count). The van der Waals surface area contributed by atoms with Gasteiger partial charge < -0.3 is 15.3 Å². The zero-order chi connectivity index (χ0) is 20.4. The van der Waals surface area contributed by atoms with Gasteiger partial charge in [-0.05, 0) is 37.1 Å². The number of hydrogen-bond donors (Lipinski definition) is 2. The SMILES string of the molecule is O=Cc1cc(C(=O)Nc2cnc(-c3cccc(N4CCCC4)c3)s2)cc(F)c1O. The van der Waals surface area contributed by atoms with E-state index >= 15 is 0 Å². The van der Waals surface area contributed by atoms with Crippen LogP contribution < -0.4 is 10.2 Å². The number of nitrogens with zero attached hydrogens (tertiary/aromatic N) is 2. The van der Waals surface area contributed by atoms with E-state index in [0.29, 0.717) is 11.3 Å². The number of phenolic OH excluding ortho intramolecular Hbond substituents is 1. The van der Waals surface area contributed by atoms with Crippen molar-refractivity contribution in [2.24, 2.45) is 0 Å². The fraction of sp³-hybridized carbons (Fsp3) is 0.190. The third kappa shape index (κ3) is 3.97. The summed E-state index contributed by atoms with van der Waals surface area (Å²) in [6, 6.07) is 10.1. The molecule has 0 radical (unpaired) electrons. The van der Waals surface area contributed by atoms with Crippen LogP contribution >= 0.6 is 11.3 Å². The Hall–Kier alpha value is -3.26. The van der Waals surface area contributed by atoms with E-state index in [4.69, 9.17) is 0 Å². The first-order chi connectivity index (χ1) is 14.0. The molecule has 2 aromatic carbocycles. The van der Waals surface area contributed by atoms with Gasteiger partial charge in [0.15, 0.2) is 17.9 Å². The van der Waals surface area contributed by atoms with Crippen molar-refractivity contribution >= 4 is 34.2 Å². The molecule has 1 fully saturated rings. The molecule has 29 heavy (non-hydrogen) atoms. The predicted octanol–water partition coefficient (Wildman–Crippen LogP) is 4.32. The summed E-state index contributed by atoms with van der Waals surface area (Å²) in [5, 5.41) is 13.4. The fourth-order valence-electron chi connectivity index (χ4n) is 3.30. The molecule has 2 N–H and O–H groups in total. The van der Waals surface area contributed by atoms with Gasteiger partial charge in [0.05, 0.1) is 11.8 Å². The third-order valence-corrected chi connectivity index (χ3v) is 5.75. The molecule has 1 aromatic heterocycles. The van der Waals surface area contributed by atoms with E-state index in [1.54, 1.807) is 0 Å². The molecule has 1 amide bonds. The van der Waals surface area contributed by atoms with E-state index in [-0.39, 0.29) is 11.1 Å². The quantitative estimate of drug-likeness (QED) is 0.611. The second kappa shape index (κ2) is 8.00. The average Bonchev–Trinajstić information content (AvgIpc) is 3.42. The van der Waals surface area contributed by atoms with E-state index < -0.39 is 17.5 Å². The van der Waals surface area contributed by atoms with Gasteiger partial charge >= 0.3 is 0 Å². The van der Waals surface area contributed by atoms with Gasteiger partial charge in [-0.3, -0.25) is 9.59 Å². The number of aldehydes is 1. The van der Waals surface area contributed by atoms with Gasteiger partial charge in [-0.15, -0.1) is 0 Å². The maximum Gasteiger partial charge on any atom is 0.256 e. The lowest BCUT2D eigenvalue weighted by atomic mass is 10.1. The number of thiazole rings is 1. The summed E-state index contributed by atoms with van der Waals surface area (Å²) in [6.45, 7) is 2.10. The largest absolute Gasteiger partial charge is 0.504 e. The van der Waals surface area contributed by atoms with Gasteiger partial charge in [0, 0.05) is 29.9 Å². The molecular formula is C21H18FN3O3S. The number of hydrogen-bond acceptors (Lipinski definition) is 6. The predicted molar refractivity (Wildman–Crippen MR) is 110 cm³/mol. The Morgan fingerprint density at radius 2 is 2.03 bits per heavy atom. The number of anilines is 2. The number of phenols is 1. The first-order valence-electron chi connectivity index (χ1n) is 9.15. The molecule has 0 saturated carbocycles.